The van der Waals surface area contributed by atoms with Gasteiger partial charge in [-0.1, -0.05) is 139 Å². The van der Waals surface area contributed by atoms with E-state index in [1.54, 1.807) is 6.20 Å². The first-order valence-electron chi connectivity index (χ1n) is 17.8. The summed E-state index contributed by atoms with van der Waals surface area (Å²) in [6, 6.07) is 58.3. The molecule has 54 heavy (non-hydrogen) atoms. The topological polar surface area (TPSA) is 44.2 Å². The number of pyridine rings is 2. The van der Waals surface area contributed by atoms with Crippen LogP contribution in [0.5, 0.6) is 23.0 Å². The van der Waals surface area contributed by atoms with Crippen molar-refractivity contribution in [2.24, 2.45) is 0 Å². The molecule has 6 heteroatoms. The molecule has 0 atom stereocenters. The predicted molar refractivity (Wildman–Crippen MR) is 215 cm³/mol. The molecule has 8 aromatic rings. The number of aryl methyl sites for hydroxylation is 2. The minimum atomic E-state index is 0. The van der Waals surface area contributed by atoms with Crippen LogP contribution in [0.3, 0.4) is 0 Å². The van der Waals surface area contributed by atoms with Crippen LogP contribution >= 0.6 is 0 Å². The summed E-state index contributed by atoms with van der Waals surface area (Å²) in [6.45, 7) is 4.30. The number of fused-ring (bicyclic) bond motifs is 4. The van der Waals surface area contributed by atoms with Gasteiger partial charge in [-0.05, 0) is 69.7 Å². The Kier molecular flexibility index (Phi) is 9.80. The van der Waals surface area contributed by atoms with E-state index in [1.165, 1.54) is 33.4 Å². The van der Waals surface area contributed by atoms with Gasteiger partial charge in [0, 0.05) is 44.0 Å². The molecule has 6 aromatic carbocycles. The van der Waals surface area contributed by atoms with Gasteiger partial charge in [0.15, 0.2) is 0 Å². The monoisotopic (exact) mass is 873 g/mol. The van der Waals surface area contributed by atoms with Gasteiger partial charge in [0.2, 0.25) is 6.71 Å². The molecule has 0 unspecified atom stereocenters. The number of hydrogen-bond donors (Lipinski definition) is 0. The first-order valence-corrected chi connectivity index (χ1v) is 17.8. The third kappa shape index (κ3) is 6.56. The van der Waals surface area contributed by atoms with E-state index in [0.29, 0.717) is 0 Å². The third-order valence-corrected chi connectivity index (χ3v) is 9.89. The van der Waals surface area contributed by atoms with Gasteiger partial charge >= 0.3 is 0 Å². The molecule has 2 aromatic heterocycles. The maximum absolute atomic E-state index is 6.37. The second-order valence-electron chi connectivity index (χ2n) is 13.3. The molecule has 4 nitrogen and oxygen atoms in total. The SMILES string of the molecule is Cc1c[c-]c(-c2cc(-c3ccccc3)c(C)cn2)cc1-c1ccccc1.[Ir].[c-]1cc2c3c(c1-c1ccccn1)Oc1ccccc1B3c1ccccc1O2. The molecule has 0 saturated heterocycles. The fourth-order valence-corrected chi connectivity index (χ4v) is 7.26. The minimum Gasteiger partial charge on any atom is -0.503 e. The van der Waals surface area contributed by atoms with Crippen molar-refractivity contribution in [3.05, 3.63) is 187 Å². The van der Waals surface area contributed by atoms with Gasteiger partial charge in [-0.3, -0.25) is 0 Å². The molecule has 0 bridgehead atoms. The molecule has 0 saturated carbocycles. The number of benzene rings is 6. The summed E-state index contributed by atoms with van der Waals surface area (Å²) in [6.07, 6.45) is 3.74. The molecule has 1 radical (unpaired) electrons. The summed E-state index contributed by atoms with van der Waals surface area (Å²) < 4.78 is 12.6. The van der Waals surface area contributed by atoms with Crippen LogP contribution in [0.25, 0.3) is 44.8 Å². The molecule has 2 aliphatic heterocycles. The Hall–Kier alpha value is -6.07. The van der Waals surface area contributed by atoms with Crippen LogP contribution in [0, 0.1) is 26.0 Å². The van der Waals surface area contributed by atoms with E-state index < -0.39 is 0 Å². The Balaban J connectivity index is 0.000000151. The number of rotatable bonds is 4. The van der Waals surface area contributed by atoms with Crippen molar-refractivity contribution in [2.75, 3.05) is 0 Å². The van der Waals surface area contributed by atoms with Crippen LogP contribution in [-0.2, 0) is 20.1 Å². The van der Waals surface area contributed by atoms with Crippen molar-refractivity contribution in [3.63, 3.8) is 0 Å². The van der Waals surface area contributed by atoms with Crippen molar-refractivity contribution >= 4 is 23.1 Å². The smallest absolute Gasteiger partial charge is 0.239 e. The second kappa shape index (κ2) is 15.1. The third-order valence-electron chi connectivity index (χ3n) is 9.89. The van der Waals surface area contributed by atoms with Crippen molar-refractivity contribution in [2.45, 2.75) is 13.8 Å². The fourth-order valence-electron chi connectivity index (χ4n) is 7.26. The zero-order valence-corrected chi connectivity index (χ0v) is 32.1. The molecule has 10 rings (SSSR count). The van der Waals surface area contributed by atoms with Crippen molar-refractivity contribution in [1.82, 2.24) is 9.97 Å². The Morgan fingerprint density at radius 2 is 1.15 bits per heavy atom. The molecule has 0 aliphatic carbocycles. The largest absolute Gasteiger partial charge is 0.503 e. The first-order chi connectivity index (χ1) is 26.1. The quantitative estimate of drug-likeness (QED) is 0.131. The van der Waals surface area contributed by atoms with Crippen LogP contribution < -0.4 is 25.9 Å². The van der Waals surface area contributed by atoms with Gasteiger partial charge < -0.3 is 19.4 Å². The van der Waals surface area contributed by atoms with E-state index in [-0.39, 0.29) is 26.8 Å². The number of ether oxygens (including phenoxy) is 2. The second-order valence-corrected chi connectivity index (χ2v) is 13.3. The standard InChI is InChI=1S/C25H20N.C23H13BNO2.Ir/c1-18-13-14-22(15-23(18)20-9-5-3-6-10-20)25-16-24(19(2)17-26-25)21-11-7-4-8-12-21;1-3-10-19-16(7-1)24-17-8-2-4-11-20(17)27-23-15(18-9-5-6-14-25-18)12-13-21(26-19)22(23)24;/h3-13,15-17H,1-2H3;1-11,13-14H;/q2*-1;. The maximum Gasteiger partial charge on any atom is 0.239 e. The Morgan fingerprint density at radius 3 is 1.81 bits per heavy atom. The van der Waals surface area contributed by atoms with Crippen LogP contribution in [0.15, 0.2) is 164 Å². The van der Waals surface area contributed by atoms with Gasteiger partial charge in [-0.15, -0.1) is 41.5 Å². The summed E-state index contributed by atoms with van der Waals surface area (Å²) in [5.41, 5.74) is 14.3. The molecule has 0 N–H and O–H groups in total. The molecule has 0 fully saturated rings. The van der Waals surface area contributed by atoms with Crippen LogP contribution in [0.2, 0.25) is 0 Å². The van der Waals surface area contributed by atoms with E-state index in [0.717, 1.165) is 61.9 Å². The molecular formula is C48H33BIrN2O2-2. The number of para-hydroxylation sites is 2. The van der Waals surface area contributed by atoms with Crippen LogP contribution in [0.1, 0.15) is 11.1 Å². The van der Waals surface area contributed by atoms with E-state index in [2.05, 4.69) is 127 Å². The Labute approximate surface area is 330 Å². The average molecular weight is 873 g/mol. The predicted octanol–water partition coefficient (Wildman–Crippen LogP) is 9.77. The average Bonchev–Trinajstić information content (AvgIpc) is 3.22. The first kappa shape index (κ1) is 35.0. The summed E-state index contributed by atoms with van der Waals surface area (Å²) in [5.74, 6) is 3.33. The minimum absolute atomic E-state index is 0. The van der Waals surface area contributed by atoms with Crippen molar-refractivity contribution < 1.29 is 29.6 Å². The van der Waals surface area contributed by atoms with E-state index in [1.807, 2.05) is 66.9 Å². The van der Waals surface area contributed by atoms with Crippen LogP contribution in [0.4, 0.5) is 0 Å². The number of aromatic nitrogens is 2. The number of hydrogen-bond acceptors (Lipinski definition) is 4. The Morgan fingerprint density at radius 1 is 0.537 bits per heavy atom. The zero-order valence-electron chi connectivity index (χ0n) is 29.7. The molecule has 261 valence electrons. The molecule has 4 heterocycles. The fraction of sp³-hybridized carbons (Fsp3) is 0.0417. The molecule has 2 aliphatic rings. The van der Waals surface area contributed by atoms with Gasteiger partial charge in [-0.2, -0.15) is 0 Å². The van der Waals surface area contributed by atoms with Gasteiger partial charge in [0.05, 0.1) is 0 Å². The van der Waals surface area contributed by atoms with Gasteiger partial charge in [0.25, 0.3) is 0 Å². The summed E-state index contributed by atoms with van der Waals surface area (Å²) in [7, 11) is 0. The normalized spacial score (nSPS) is 11.6. The van der Waals surface area contributed by atoms with Crippen molar-refractivity contribution in [3.8, 4) is 67.8 Å². The van der Waals surface area contributed by atoms with Gasteiger partial charge in [-0.25, -0.2) is 0 Å². The van der Waals surface area contributed by atoms with Gasteiger partial charge in [0.1, 0.15) is 11.5 Å². The van der Waals surface area contributed by atoms with E-state index in [9.17, 15) is 0 Å². The van der Waals surface area contributed by atoms with E-state index >= 15 is 0 Å². The maximum atomic E-state index is 6.37. The molecule has 0 amide bonds. The molecule has 0 spiro atoms. The summed E-state index contributed by atoms with van der Waals surface area (Å²) in [5, 5.41) is 0. The molecular weight excluding hydrogens is 840 g/mol. The summed E-state index contributed by atoms with van der Waals surface area (Å²) in [4.78, 5) is 9.17. The zero-order chi connectivity index (χ0) is 35.7. The Bertz CT molecular complexity index is 2500. The van der Waals surface area contributed by atoms with Crippen molar-refractivity contribution in [1.29, 1.82) is 0 Å². The van der Waals surface area contributed by atoms with E-state index in [4.69, 9.17) is 9.47 Å². The van der Waals surface area contributed by atoms with Crippen LogP contribution in [-0.4, -0.2) is 16.7 Å². The number of nitrogens with zero attached hydrogens (tertiary/aromatic N) is 2. The summed E-state index contributed by atoms with van der Waals surface area (Å²) >= 11 is 0.